The molecule has 0 bridgehead atoms. The summed E-state index contributed by atoms with van der Waals surface area (Å²) in [6.07, 6.45) is 7.27. The van der Waals surface area contributed by atoms with Crippen molar-refractivity contribution in [2.24, 2.45) is 28.6 Å². The lowest BCUT2D eigenvalue weighted by atomic mass is 9.47. The van der Waals surface area contributed by atoms with E-state index in [1.807, 2.05) is 6.92 Å². The predicted molar refractivity (Wildman–Crippen MR) is 92.4 cm³/mol. The third-order valence-electron chi connectivity index (χ3n) is 7.94. The van der Waals surface area contributed by atoms with Crippen molar-refractivity contribution in [1.29, 1.82) is 0 Å². The molecule has 0 spiro atoms. The fourth-order valence-corrected chi connectivity index (χ4v) is 6.74. The van der Waals surface area contributed by atoms with Gasteiger partial charge in [0.25, 0.3) is 0 Å². The van der Waals surface area contributed by atoms with Crippen LogP contribution in [0.2, 0.25) is 0 Å². The van der Waals surface area contributed by atoms with E-state index >= 15 is 0 Å². The fraction of sp³-hybridized carbons (Fsp3) is 0.762. The monoisotopic (exact) mass is 344 g/mol. The van der Waals surface area contributed by atoms with E-state index in [-0.39, 0.29) is 28.9 Å². The van der Waals surface area contributed by atoms with Crippen molar-refractivity contribution in [3.8, 4) is 0 Å². The van der Waals surface area contributed by atoms with Crippen molar-refractivity contribution in [2.75, 3.05) is 0 Å². The van der Waals surface area contributed by atoms with E-state index in [0.29, 0.717) is 18.3 Å². The fourth-order valence-electron chi connectivity index (χ4n) is 6.74. The summed E-state index contributed by atoms with van der Waals surface area (Å²) >= 11 is 0. The second kappa shape index (κ2) is 5.52. The Bertz CT molecular complexity index is 690. The van der Waals surface area contributed by atoms with E-state index in [9.17, 15) is 14.4 Å². The molecule has 0 aromatic heterocycles. The zero-order chi connectivity index (χ0) is 18.0. The molecule has 0 aromatic carbocycles. The van der Waals surface area contributed by atoms with Crippen molar-refractivity contribution in [1.82, 2.24) is 0 Å². The van der Waals surface area contributed by atoms with E-state index in [1.165, 1.54) is 12.5 Å². The van der Waals surface area contributed by atoms with Crippen LogP contribution in [-0.4, -0.2) is 17.5 Å². The summed E-state index contributed by atoms with van der Waals surface area (Å²) in [4.78, 5) is 36.1. The average Bonchev–Trinajstić information content (AvgIpc) is 2.78. The van der Waals surface area contributed by atoms with Gasteiger partial charge in [-0.05, 0) is 67.3 Å². The third kappa shape index (κ3) is 2.29. The van der Waals surface area contributed by atoms with E-state index in [1.54, 1.807) is 0 Å². The predicted octanol–water partition coefficient (Wildman–Crippen LogP) is 3.98. The van der Waals surface area contributed by atoms with Gasteiger partial charge < -0.3 is 4.74 Å². The second-order valence-corrected chi connectivity index (χ2v) is 9.09. The van der Waals surface area contributed by atoms with Gasteiger partial charge >= 0.3 is 5.97 Å². The average molecular weight is 344 g/mol. The smallest absolute Gasteiger partial charge is 0.307 e. The maximum atomic E-state index is 12.5. The number of allylic oxidation sites excluding steroid dienone is 2. The lowest BCUT2D eigenvalue weighted by Crippen LogP contribution is -2.50. The van der Waals surface area contributed by atoms with Gasteiger partial charge in [0.2, 0.25) is 5.78 Å². The Hall–Kier alpha value is -1.45. The van der Waals surface area contributed by atoms with Crippen LogP contribution in [0.3, 0.4) is 0 Å². The number of fused-ring (bicyclic) bond motifs is 5. The first-order valence-electron chi connectivity index (χ1n) is 9.76. The Morgan fingerprint density at radius 3 is 2.52 bits per heavy atom. The van der Waals surface area contributed by atoms with Crippen molar-refractivity contribution in [2.45, 2.75) is 72.1 Å². The molecule has 0 saturated heterocycles. The number of Topliss-reactive ketones (excluding diaryl/α,β-unsaturated/α-hetero) is 2. The zero-order valence-corrected chi connectivity index (χ0v) is 15.5. The number of carbonyl (C=O) groups is 3. The van der Waals surface area contributed by atoms with E-state index in [2.05, 4.69) is 6.92 Å². The first-order chi connectivity index (χ1) is 11.8. The molecule has 0 radical (unpaired) electrons. The van der Waals surface area contributed by atoms with Gasteiger partial charge in [-0.1, -0.05) is 13.8 Å². The Kier molecular flexibility index (Phi) is 3.75. The molecule has 5 atom stereocenters. The second-order valence-electron chi connectivity index (χ2n) is 9.09. The number of ketones is 2. The summed E-state index contributed by atoms with van der Waals surface area (Å²) in [7, 11) is 0. The van der Waals surface area contributed by atoms with Crippen LogP contribution < -0.4 is 0 Å². The molecule has 4 aliphatic rings. The number of rotatable bonds is 1. The van der Waals surface area contributed by atoms with Crippen LogP contribution in [0.5, 0.6) is 0 Å². The van der Waals surface area contributed by atoms with Gasteiger partial charge in [0, 0.05) is 25.2 Å². The van der Waals surface area contributed by atoms with Gasteiger partial charge in [0.15, 0.2) is 5.78 Å². The number of carbonyl (C=O) groups excluding carboxylic acids is 3. The molecular formula is C21H28O4. The van der Waals surface area contributed by atoms with E-state index in [4.69, 9.17) is 4.74 Å². The highest BCUT2D eigenvalue weighted by Gasteiger charge is 2.61. The molecule has 0 N–H and O–H groups in total. The third-order valence-corrected chi connectivity index (χ3v) is 7.94. The molecule has 3 saturated carbocycles. The zero-order valence-electron chi connectivity index (χ0n) is 15.5. The number of hydrogen-bond donors (Lipinski definition) is 0. The van der Waals surface area contributed by atoms with Crippen molar-refractivity contribution in [3.63, 3.8) is 0 Å². The van der Waals surface area contributed by atoms with Crippen LogP contribution in [-0.2, 0) is 19.1 Å². The van der Waals surface area contributed by atoms with Crippen LogP contribution in [0, 0.1) is 28.6 Å². The van der Waals surface area contributed by atoms with Crippen LogP contribution in [0.15, 0.2) is 11.3 Å². The first kappa shape index (κ1) is 17.0. The van der Waals surface area contributed by atoms with Crippen LogP contribution in [0.1, 0.15) is 72.1 Å². The molecule has 3 fully saturated rings. The maximum Gasteiger partial charge on any atom is 0.307 e. The summed E-state index contributed by atoms with van der Waals surface area (Å²) in [6, 6.07) is 0. The molecule has 0 unspecified atom stereocenters. The summed E-state index contributed by atoms with van der Waals surface area (Å²) < 4.78 is 5.58. The van der Waals surface area contributed by atoms with Gasteiger partial charge in [-0.3, -0.25) is 14.4 Å². The molecule has 0 aromatic rings. The van der Waals surface area contributed by atoms with Crippen LogP contribution in [0.4, 0.5) is 0 Å². The van der Waals surface area contributed by atoms with Gasteiger partial charge in [0.05, 0.1) is 0 Å². The standard InChI is InChI=1S/C21H28O4/c1-12(22)25-18-5-4-9-20(2)14-8-10-21(3)16(11-17(23)19(21)24)13(14)6-7-15(18)20/h13-14,16H,4-11H2,1-3H3/t13-,14+,16+,20-,21+/m1/s1. The van der Waals surface area contributed by atoms with E-state index in [0.717, 1.165) is 50.7 Å². The minimum absolute atomic E-state index is 0.0575. The molecule has 25 heavy (non-hydrogen) atoms. The molecule has 136 valence electrons. The molecule has 0 heterocycles. The molecule has 0 amide bonds. The molecular weight excluding hydrogens is 316 g/mol. The largest absolute Gasteiger partial charge is 0.431 e. The highest BCUT2D eigenvalue weighted by Crippen LogP contribution is 2.64. The summed E-state index contributed by atoms with van der Waals surface area (Å²) in [5.74, 6) is 1.57. The Balaban J connectivity index is 1.70. The number of esters is 1. The van der Waals surface area contributed by atoms with E-state index < -0.39 is 5.41 Å². The molecule has 4 rings (SSSR count). The van der Waals surface area contributed by atoms with Crippen LogP contribution in [0.25, 0.3) is 0 Å². The quantitative estimate of drug-likeness (QED) is 0.533. The number of hydrogen-bond acceptors (Lipinski definition) is 4. The van der Waals surface area contributed by atoms with Crippen molar-refractivity contribution in [3.05, 3.63) is 11.3 Å². The molecule has 0 aliphatic heterocycles. The Morgan fingerprint density at radius 2 is 1.80 bits per heavy atom. The normalized spacial score (nSPS) is 43.4. The van der Waals surface area contributed by atoms with Gasteiger partial charge in [-0.25, -0.2) is 0 Å². The van der Waals surface area contributed by atoms with Crippen molar-refractivity contribution < 1.29 is 19.1 Å². The summed E-state index contributed by atoms with van der Waals surface area (Å²) in [5.41, 5.74) is 0.972. The number of ether oxygens (including phenoxy) is 1. The molecule has 4 nitrogen and oxygen atoms in total. The lowest BCUT2D eigenvalue weighted by molar-refractivity contribution is -0.141. The highest BCUT2D eigenvalue weighted by atomic mass is 16.5. The first-order valence-corrected chi connectivity index (χ1v) is 9.76. The minimum Gasteiger partial charge on any atom is -0.431 e. The highest BCUT2D eigenvalue weighted by molar-refractivity contribution is 6.41. The van der Waals surface area contributed by atoms with Gasteiger partial charge in [-0.15, -0.1) is 0 Å². The topological polar surface area (TPSA) is 60.4 Å². The Morgan fingerprint density at radius 1 is 1.04 bits per heavy atom. The molecule has 4 aliphatic carbocycles. The van der Waals surface area contributed by atoms with Gasteiger partial charge in [-0.2, -0.15) is 0 Å². The summed E-state index contributed by atoms with van der Waals surface area (Å²) in [5, 5.41) is 0. The minimum atomic E-state index is -0.427. The summed E-state index contributed by atoms with van der Waals surface area (Å²) in [6.45, 7) is 5.84. The van der Waals surface area contributed by atoms with Crippen molar-refractivity contribution >= 4 is 17.5 Å². The Labute approximate surface area is 149 Å². The SMILES string of the molecule is CC(=O)OC1=C2CC[C@@H]3[C@H](CC[C@]4(C)C(=O)C(=O)C[C@@H]34)[C@@]2(C)CCC1. The van der Waals surface area contributed by atoms with Gasteiger partial charge in [0.1, 0.15) is 5.76 Å². The molecule has 4 heteroatoms. The maximum absolute atomic E-state index is 12.5. The van der Waals surface area contributed by atoms with Crippen LogP contribution >= 0.6 is 0 Å². The lowest BCUT2D eigenvalue weighted by Gasteiger charge is -2.57.